The van der Waals surface area contributed by atoms with Gasteiger partial charge in [0, 0.05) is 17.6 Å². The highest BCUT2D eigenvalue weighted by Gasteiger charge is 2.46. The molecule has 1 N–H and O–H groups in total. The van der Waals surface area contributed by atoms with E-state index in [-0.39, 0.29) is 15.6 Å². The zero-order chi connectivity index (χ0) is 9.41. The molecule has 0 unspecified atom stereocenters. The monoisotopic (exact) mass is 185 g/mol. The smallest absolute Gasteiger partial charge is 0.108 e. The summed E-state index contributed by atoms with van der Waals surface area (Å²) in [5, 5.41) is 18.1. The lowest BCUT2D eigenvalue weighted by Gasteiger charge is -2.42. The van der Waals surface area contributed by atoms with Crippen LogP contribution in [-0.2, 0) is 0 Å². The van der Waals surface area contributed by atoms with Gasteiger partial charge in [-0.1, -0.05) is 20.8 Å². The average molecular weight is 185 g/mol. The Bertz CT molecular complexity index is 208. The molecule has 0 saturated heterocycles. The van der Waals surface area contributed by atoms with Crippen LogP contribution in [0.1, 0.15) is 33.6 Å². The maximum absolute atomic E-state index is 9.15. The number of thioether (sulfide) groups is 1. The van der Waals surface area contributed by atoms with Gasteiger partial charge in [0.05, 0.1) is 12.2 Å². The van der Waals surface area contributed by atoms with Crippen LogP contribution in [-0.4, -0.2) is 20.7 Å². The molecule has 3 heteroatoms. The summed E-state index contributed by atoms with van der Waals surface area (Å²) in [5.41, 5.74) is 0. The van der Waals surface area contributed by atoms with Crippen LogP contribution in [0.5, 0.6) is 0 Å². The summed E-state index contributed by atoms with van der Waals surface area (Å²) in [5.74, 6) is 0. The fourth-order valence-electron chi connectivity index (χ4n) is 1.48. The molecule has 68 valence electrons. The Labute approximate surface area is 78.0 Å². The first-order valence-electron chi connectivity index (χ1n) is 4.16. The second-order valence-electron chi connectivity index (χ2n) is 4.38. The van der Waals surface area contributed by atoms with Crippen molar-refractivity contribution in [2.45, 2.75) is 49.2 Å². The standard InChI is InChI=1S/C9H15NOS/c1-8(2,3)12-9(6-10)4-7(11)5-9/h7,11H,4-5H2,1-3H3. The van der Waals surface area contributed by atoms with Crippen molar-refractivity contribution in [3.8, 4) is 6.07 Å². The summed E-state index contributed by atoms with van der Waals surface area (Å²) in [6.45, 7) is 6.30. The third-order valence-corrected chi connectivity index (χ3v) is 3.26. The van der Waals surface area contributed by atoms with Crippen LogP contribution in [0.4, 0.5) is 0 Å². The summed E-state index contributed by atoms with van der Waals surface area (Å²) in [4.78, 5) is 0. The maximum Gasteiger partial charge on any atom is 0.108 e. The van der Waals surface area contributed by atoms with E-state index in [9.17, 15) is 0 Å². The Balaban J connectivity index is 2.56. The summed E-state index contributed by atoms with van der Waals surface area (Å²) in [6, 6.07) is 2.30. The van der Waals surface area contributed by atoms with Gasteiger partial charge in [0.1, 0.15) is 4.75 Å². The van der Waals surface area contributed by atoms with Crippen molar-refractivity contribution < 1.29 is 5.11 Å². The summed E-state index contributed by atoms with van der Waals surface area (Å²) < 4.78 is -0.201. The molecular weight excluding hydrogens is 170 g/mol. The molecule has 1 fully saturated rings. The van der Waals surface area contributed by atoms with E-state index in [1.54, 1.807) is 11.8 Å². The molecule has 1 aliphatic carbocycles. The molecule has 1 rings (SSSR count). The third kappa shape index (κ3) is 2.15. The van der Waals surface area contributed by atoms with Gasteiger partial charge in [-0.25, -0.2) is 0 Å². The minimum atomic E-state index is -0.308. The van der Waals surface area contributed by atoms with Crippen LogP contribution in [0.15, 0.2) is 0 Å². The van der Waals surface area contributed by atoms with Crippen LogP contribution in [0, 0.1) is 11.3 Å². The molecule has 0 atom stereocenters. The van der Waals surface area contributed by atoms with Gasteiger partial charge in [-0.3, -0.25) is 0 Å². The fourth-order valence-corrected chi connectivity index (χ4v) is 3.25. The van der Waals surface area contributed by atoms with Gasteiger partial charge in [-0.15, -0.1) is 11.8 Å². The van der Waals surface area contributed by atoms with E-state index in [1.807, 2.05) is 0 Å². The summed E-state index contributed by atoms with van der Waals surface area (Å²) in [6.07, 6.45) is 1.01. The zero-order valence-electron chi connectivity index (χ0n) is 7.79. The maximum atomic E-state index is 9.15. The molecule has 0 heterocycles. The second kappa shape index (κ2) is 2.93. The average Bonchev–Trinajstić information content (AvgIpc) is 1.80. The molecule has 0 spiro atoms. The van der Waals surface area contributed by atoms with Crippen LogP contribution in [0.3, 0.4) is 0 Å². The highest BCUT2D eigenvalue weighted by Crippen LogP contribution is 2.48. The van der Waals surface area contributed by atoms with Crippen molar-refractivity contribution in [3.63, 3.8) is 0 Å². The lowest BCUT2D eigenvalue weighted by molar-refractivity contribution is 0.0799. The van der Waals surface area contributed by atoms with E-state index in [0.29, 0.717) is 12.8 Å². The first-order valence-corrected chi connectivity index (χ1v) is 4.98. The fraction of sp³-hybridized carbons (Fsp3) is 0.889. The highest BCUT2D eigenvalue weighted by atomic mass is 32.2. The van der Waals surface area contributed by atoms with Crippen LogP contribution < -0.4 is 0 Å². The second-order valence-corrected chi connectivity index (χ2v) is 6.59. The number of hydrogen-bond donors (Lipinski definition) is 1. The number of aliphatic hydroxyl groups is 1. The topological polar surface area (TPSA) is 44.0 Å². The molecule has 0 aromatic carbocycles. The Hall–Kier alpha value is -0.200. The molecule has 0 aliphatic heterocycles. The molecule has 0 aromatic heterocycles. The highest BCUT2D eigenvalue weighted by molar-refractivity contribution is 8.02. The van der Waals surface area contributed by atoms with Gasteiger partial charge >= 0.3 is 0 Å². The molecule has 0 radical (unpaired) electrons. The Kier molecular flexibility index (Phi) is 2.42. The largest absolute Gasteiger partial charge is 0.393 e. The Morgan fingerprint density at radius 3 is 2.25 bits per heavy atom. The van der Waals surface area contributed by atoms with Gasteiger partial charge in [-0.2, -0.15) is 5.26 Å². The Morgan fingerprint density at radius 2 is 2.00 bits per heavy atom. The SMILES string of the molecule is CC(C)(C)SC1(C#N)CC(O)C1. The molecule has 12 heavy (non-hydrogen) atoms. The van der Waals surface area contributed by atoms with E-state index < -0.39 is 0 Å². The van der Waals surface area contributed by atoms with E-state index in [2.05, 4.69) is 26.8 Å². The minimum absolute atomic E-state index is 0.107. The summed E-state index contributed by atoms with van der Waals surface area (Å²) >= 11 is 1.67. The van der Waals surface area contributed by atoms with E-state index in [0.717, 1.165) is 0 Å². The minimum Gasteiger partial charge on any atom is -0.393 e. The van der Waals surface area contributed by atoms with Crippen molar-refractivity contribution in [2.24, 2.45) is 0 Å². The predicted octanol–water partition coefficient (Wildman–Crippen LogP) is 1.94. The van der Waals surface area contributed by atoms with E-state index >= 15 is 0 Å². The van der Waals surface area contributed by atoms with Gasteiger partial charge in [0.25, 0.3) is 0 Å². The summed E-state index contributed by atoms with van der Waals surface area (Å²) in [7, 11) is 0. The molecule has 0 aromatic rings. The first kappa shape index (κ1) is 9.88. The molecule has 0 amide bonds. The molecule has 0 bridgehead atoms. The van der Waals surface area contributed by atoms with Crippen molar-refractivity contribution in [3.05, 3.63) is 0 Å². The van der Waals surface area contributed by atoms with Gasteiger partial charge in [0.15, 0.2) is 0 Å². The molecule has 1 saturated carbocycles. The molecule has 1 aliphatic rings. The molecular formula is C9H15NOS. The van der Waals surface area contributed by atoms with Crippen molar-refractivity contribution in [1.29, 1.82) is 5.26 Å². The van der Waals surface area contributed by atoms with Crippen molar-refractivity contribution in [1.82, 2.24) is 0 Å². The third-order valence-electron chi connectivity index (χ3n) is 1.84. The number of nitrogens with zero attached hydrogens (tertiary/aromatic N) is 1. The predicted molar refractivity (Wildman–Crippen MR) is 50.9 cm³/mol. The van der Waals surface area contributed by atoms with Crippen LogP contribution in [0.2, 0.25) is 0 Å². The number of rotatable bonds is 1. The Morgan fingerprint density at radius 1 is 1.50 bits per heavy atom. The van der Waals surface area contributed by atoms with Gasteiger partial charge in [-0.05, 0) is 0 Å². The quantitative estimate of drug-likeness (QED) is 0.679. The normalized spacial score (nSPS) is 35.4. The van der Waals surface area contributed by atoms with Gasteiger partial charge < -0.3 is 5.11 Å². The van der Waals surface area contributed by atoms with Crippen LogP contribution in [0.25, 0.3) is 0 Å². The number of nitriles is 1. The van der Waals surface area contributed by atoms with E-state index in [4.69, 9.17) is 10.4 Å². The van der Waals surface area contributed by atoms with E-state index in [1.165, 1.54) is 0 Å². The first-order chi connectivity index (χ1) is 5.37. The molecule has 2 nitrogen and oxygen atoms in total. The van der Waals surface area contributed by atoms with Gasteiger partial charge in [0.2, 0.25) is 0 Å². The van der Waals surface area contributed by atoms with Crippen LogP contribution >= 0.6 is 11.8 Å². The lowest BCUT2D eigenvalue weighted by Crippen LogP contribution is -2.45. The number of hydrogen-bond acceptors (Lipinski definition) is 3. The zero-order valence-corrected chi connectivity index (χ0v) is 8.61. The number of aliphatic hydroxyl groups excluding tert-OH is 1. The van der Waals surface area contributed by atoms with Crippen molar-refractivity contribution in [2.75, 3.05) is 0 Å². The van der Waals surface area contributed by atoms with Crippen molar-refractivity contribution >= 4 is 11.8 Å². The lowest BCUT2D eigenvalue weighted by atomic mass is 9.82.